The van der Waals surface area contributed by atoms with Gasteiger partial charge in [0.15, 0.2) is 0 Å². The first-order chi connectivity index (χ1) is 8.90. The molecule has 1 atom stereocenters. The summed E-state index contributed by atoms with van der Waals surface area (Å²) in [5, 5.41) is 23.6. The number of halogens is 1. The second-order valence-corrected chi connectivity index (χ2v) is 4.20. The molecule has 0 aliphatic rings. The summed E-state index contributed by atoms with van der Waals surface area (Å²) in [6.45, 7) is 0. The summed E-state index contributed by atoms with van der Waals surface area (Å²) >= 11 is 5.65. The maximum absolute atomic E-state index is 11.7. The Morgan fingerprint density at radius 3 is 2.21 bits per heavy atom. The van der Waals surface area contributed by atoms with Gasteiger partial charge in [0.05, 0.1) is 12.0 Å². The number of aliphatic carboxylic acids is 2. The first-order valence-corrected chi connectivity index (χ1v) is 5.75. The fraction of sp³-hybridized carbons (Fsp3) is 0.250. The third kappa shape index (κ3) is 4.97. The normalized spacial score (nSPS) is 11.6. The number of carbonyl (C=O) groups is 3. The lowest BCUT2D eigenvalue weighted by atomic mass is 10.1. The Balaban J connectivity index is 2.68. The molecule has 19 heavy (non-hydrogen) atoms. The van der Waals surface area contributed by atoms with Crippen LogP contribution in [0.1, 0.15) is 23.2 Å². The van der Waals surface area contributed by atoms with Gasteiger partial charge >= 0.3 is 0 Å². The van der Waals surface area contributed by atoms with Crippen molar-refractivity contribution in [2.75, 3.05) is 0 Å². The lowest BCUT2D eigenvalue weighted by molar-refractivity contribution is -0.309. The highest BCUT2D eigenvalue weighted by Gasteiger charge is 2.14. The van der Waals surface area contributed by atoms with Crippen molar-refractivity contribution < 1.29 is 24.6 Å². The van der Waals surface area contributed by atoms with Gasteiger partial charge in [-0.3, -0.25) is 4.79 Å². The van der Waals surface area contributed by atoms with E-state index in [0.717, 1.165) is 0 Å². The number of carboxylic acid groups (broad SMARTS) is 2. The average Bonchev–Trinajstić information content (AvgIpc) is 2.34. The molecule has 0 radical (unpaired) electrons. The molecule has 0 heterocycles. The SMILES string of the molecule is O=C([O-])CCC(NC(=O)c1ccc(Cl)cc1)C(=O)[O-]. The third-order valence-electron chi connectivity index (χ3n) is 2.33. The number of hydrogen-bond donors (Lipinski definition) is 1. The summed E-state index contributed by atoms with van der Waals surface area (Å²) in [5.74, 6) is -3.60. The molecule has 0 bridgehead atoms. The van der Waals surface area contributed by atoms with Crippen molar-refractivity contribution in [3.63, 3.8) is 0 Å². The van der Waals surface area contributed by atoms with E-state index >= 15 is 0 Å². The molecule has 0 spiro atoms. The number of carboxylic acids is 2. The van der Waals surface area contributed by atoms with Gasteiger partial charge in [-0.25, -0.2) is 0 Å². The maximum Gasteiger partial charge on any atom is 0.251 e. The first kappa shape index (κ1) is 15.0. The highest BCUT2D eigenvalue weighted by atomic mass is 35.5. The van der Waals surface area contributed by atoms with Gasteiger partial charge in [0.2, 0.25) is 0 Å². The molecule has 1 rings (SSSR count). The Morgan fingerprint density at radius 1 is 1.16 bits per heavy atom. The summed E-state index contributed by atoms with van der Waals surface area (Å²) in [5.41, 5.74) is 0.212. The van der Waals surface area contributed by atoms with Gasteiger partial charge in [0.1, 0.15) is 0 Å². The Hall–Kier alpha value is -2.08. The fourth-order valence-corrected chi connectivity index (χ4v) is 1.48. The Morgan fingerprint density at radius 2 is 1.74 bits per heavy atom. The van der Waals surface area contributed by atoms with Crippen LogP contribution in [0.25, 0.3) is 0 Å². The van der Waals surface area contributed by atoms with E-state index in [2.05, 4.69) is 5.32 Å². The Kier molecular flexibility index (Phi) is 5.32. The van der Waals surface area contributed by atoms with Gasteiger partial charge in [-0.05, 0) is 37.1 Å². The van der Waals surface area contributed by atoms with Crippen LogP contribution in [0.5, 0.6) is 0 Å². The van der Waals surface area contributed by atoms with Crippen molar-refractivity contribution in [1.29, 1.82) is 0 Å². The van der Waals surface area contributed by atoms with Crippen LogP contribution in [0.2, 0.25) is 5.02 Å². The molecule has 1 aromatic carbocycles. The van der Waals surface area contributed by atoms with Gasteiger partial charge in [0.25, 0.3) is 5.91 Å². The zero-order valence-electron chi connectivity index (χ0n) is 9.72. The molecule has 0 aliphatic heterocycles. The van der Waals surface area contributed by atoms with E-state index in [4.69, 9.17) is 11.6 Å². The van der Waals surface area contributed by atoms with Crippen molar-refractivity contribution in [2.45, 2.75) is 18.9 Å². The van der Waals surface area contributed by atoms with Crippen molar-refractivity contribution in [1.82, 2.24) is 5.32 Å². The second-order valence-electron chi connectivity index (χ2n) is 3.76. The zero-order valence-corrected chi connectivity index (χ0v) is 10.5. The summed E-state index contributed by atoms with van der Waals surface area (Å²) in [6.07, 6.45) is -0.788. The minimum Gasteiger partial charge on any atom is -0.550 e. The highest BCUT2D eigenvalue weighted by molar-refractivity contribution is 6.30. The molecule has 1 amide bonds. The number of hydrogen-bond acceptors (Lipinski definition) is 5. The van der Waals surface area contributed by atoms with Crippen LogP contribution in [-0.2, 0) is 9.59 Å². The molecule has 1 N–H and O–H groups in total. The number of amides is 1. The van der Waals surface area contributed by atoms with E-state index in [1.165, 1.54) is 24.3 Å². The molecule has 1 aromatic rings. The van der Waals surface area contributed by atoms with Crippen molar-refractivity contribution in [3.05, 3.63) is 34.9 Å². The minimum atomic E-state index is -1.55. The zero-order chi connectivity index (χ0) is 14.4. The molecule has 0 aromatic heterocycles. The quantitative estimate of drug-likeness (QED) is 0.699. The van der Waals surface area contributed by atoms with E-state index in [1.54, 1.807) is 0 Å². The second kappa shape index (κ2) is 6.75. The largest absolute Gasteiger partial charge is 0.550 e. The molecular weight excluding hydrogens is 274 g/mol. The predicted molar refractivity (Wildman–Crippen MR) is 62.0 cm³/mol. The number of benzene rings is 1. The van der Waals surface area contributed by atoms with E-state index < -0.39 is 30.3 Å². The molecule has 7 heteroatoms. The molecular formula is C12H10ClNO5-2. The van der Waals surface area contributed by atoms with E-state index in [0.29, 0.717) is 5.02 Å². The van der Waals surface area contributed by atoms with E-state index in [1.807, 2.05) is 0 Å². The van der Waals surface area contributed by atoms with Crippen LogP contribution in [-0.4, -0.2) is 23.9 Å². The van der Waals surface area contributed by atoms with Gasteiger partial charge < -0.3 is 25.1 Å². The Bertz CT molecular complexity index is 485. The summed E-state index contributed by atoms with van der Waals surface area (Å²) < 4.78 is 0. The molecule has 0 fully saturated rings. The van der Waals surface area contributed by atoms with Crippen LogP contribution < -0.4 is 15.5 Å². The number of nitrogens with one attached hydrogen (secondary N) is 1. The van der Waals surface area contributed by atoms with Crippen LogP contribution in [0.15, 0.2) is 24.3 Å². The average molecular weight is 284 g/mol. The van der Waals surface area contributed by atoms with Crippen molar-refractivity contribution in [2.24, 2.45) is 0 Å². The predicted octanol–water partition coefficient (Wildman–Crippen LogP) is -1.28. The van der Waals surface area contributed by atoms with Gasteiger partial charge in [-0.1, -0.05) is 11.6 Å². The molecule has 0 saturated heterocycles. The van der Waals surface area contributed by atoms with Crippen molar-refractivity contribution in [3.8, 4) is 0 Å². The molecule has 1 unspecified atom stereocenters. The molecule has 6 nitrogen and oxygen atoms in total. The van der Waals surface area contributed by atoms with Crippen LogP contribution in [0.4, 0.5) is 0 Å². The standard InChI is InChI=1S/C12H12ClNO5/c13-8-3-1-7(2-4-8)11(17)14-9(12(18)19)5-6-10(15)16/h1-4,9H,5-6H2,(H,14,17)(H,15,16)(H,18,19)/p-2. The van der Waals surface area contributed by atoms with Gasteiger partial charge in [-0.2, -0.15) is 0 Å². The number of carbonyl (C=O) groups excluding carboxylic acids is 3. The lowest BCUT2D eigenvalue weighted by Gasteiger charge is -2.19. The number of rotatable bonds is 6. The fourth-order valence-electron chi connectivity index (χ4n) is 1.35. The Labute approximate surface area is 114 Å². The first-order valence-electron chi connectivity index (χ1n) is 5.37. The van der Waals surface area contributed by atoms with E-state index in [-0.39, 0.29) is 12.0 Å². The smallest absolute Gasteiger partial charge is 0.251 e. The van der Waals surface area contributed by atoms with Crippen LogP contribution in [0.3, 0.4) is 0 Å². The topological polar surface area (TPSA) is 109 Å². The highest BCUT2D eigenvalue weighted by Crippen LogP contribution is 2.09. The molecule has 0 saturated carbocycles. The van der Waals surface area contributed by atoms with Crippen LogP contribution in [0, 0.1) is 0 Å². The summed E-state index contributed by atoms with van der Waals surface area (Å²) in [7, 11) is 0. The van der Waals surface area contributed by atoms with Gasteiger partial charge in [-0.15, -0.1) is 0 Å². The monoisotopic (exact) mass is 283 g/mol. The van der Waals surface area contributed by atoms with Crippen LogP contribution >= 0.6 is 11.6 Å². The van der Waals surface area contributed by atoms with E-state index in [9.17, 15) is 24.6 Å². The summed E-state index contributed by atoms with van der Waals surface area (Å²) in [6, 6.07) is 4.41. The molecule has 102 valence electrons. The lowest BCUT2D eigenvalue weighted by Crippen LogP contribution is -2.48. The molecule has 0 aliphatic carbocycles. The minimum absolute atomic E-state index is 0.212. The van der Waals surface area contributed by atoms with Gasteiger partial charge in [0, 0.05) is 16.6 Å². The summed E-state index contributed by atoms with van der Waals surface area (Å²) in [4.78, 5) is 32.7. The third-order valence-corrected chi connectivity index (χ3v) is 2.59. The maximum atomic E-state index is 11.7. The van der Waals surface area contributed by atoms with Crippen molar-refractivity contribution >= 4 is 29.4 Å².